The van der Waals surface area contributed by atoms with Crippen molar-refractivity contribution in [2.24, 2.45) is 11.7 Å². The largest absolute Gasteiger partial charge is 0.370 e. The monoisotopic (exact) mass is 220 g/mol. The van der Waals surface area contributed by atoms with E-state index in [1.165, 1.54) is 5.69 Å². The highest BCUT2D eigenvalue weighted by Crippen LogP contribution is 2.14. The molecule has 0 aliphatic carbocycles. The Morgan fingerprint density at radius 1 is 1.19 bits per heavy atom. The molecule has 16 heavy (non-hydrogen) atoms. The Kier molecular flexibility index (Phi) is 5.33. The molecule has 0 aliphatic rings. The summed E-state index contributed by atoms with van der Waals surface area (Å²) in [6, 6.07) is 10.8. The summed E-state index contributed by atoms with van der Waals surface area (Å²) in [6.07, 6.45) is 1.09. The summed E-state index contributed by atoms with van der Waals surface area (Å²) in [6.45, 7) is 8.57. The van der Waals surface area contributed by atoms with Crippen LogP contribution >= 0.6 is 0 Å². The molecule has 0 radical (unpaired) electrons. The Morgan fingerprint density at radius 3 is 2.31 bits per heavy atom. The fourth-order valence-electron chi connectivity index (χ4n) is 2.02. The lowest BCUT2D eigenvalue weighted by Gasteiger charge is -2.27. The molecule has 0 spiro atoms. The van der Waals surface area contributed by atoms with E-state index in [9.17, 15) is 0 Å². The van der Waals surface area contributed by atoms with E-state index in [4.69, 9.17) is 5.73 Å². The SMILES string of the molecule is CCN(CC(N)CC(C)C)c1ccccc1. The molecule has 1 aromatic carbocycles. The van der Waals surface area contributed by atoms with E-state index >= 15 is 0 Å². The van der Waals surface area contributed by atoms with Crippen LogP contribution in [-0.4, -0.2) is 19.1 Å². The normalized spacial score (nSPS) is 12.8. The number of anilines is 1. The average Bonchev–Trinajstić information content (AvgIpc) is 2.26. The van der Waals surface area contributed by atoms with Crippen molar-refractivity contribution in [3.05, 3.63) is 30.3 Å². The van der Waals surface area contributed by atoms with Crippen molar-refractivity contribution in [3.8, 4) is 0 Å². The van der Waals surface area contributed by atoms with E-state index in [0.717, 1.165) is 19.5 Å². The van der Waals surface area contributed by atoms with Crippen molar-refractivity contribution in [2.45, 2.75) is 33.2 Å². The zero-order valence-corrected chi connectivity index (χ0v) is 10.7. The van der Waals surface area contributed by atoms with Gasteiger partial charge in [-0.1, -0.05) is 32.0 Å². The van der Waals surface area contributed by atoms with Gasteiger partial charge < -0.3 is 10.6 Å². The van der Waals surface area contributed by atoms with E-state index in [-0.39, 0.29) is 6.04 Å². The number of rotatable bonds is 6. The Balaban J connectivity index is 2.56. The number of para-hydroxylation sites is 1. The Bertz CT molecular complexity index is 282. The number of benzene rings is 1. The summed E-state index contributed by atoms with van der Waals surface area (Å²) in [5.41, 5.74) is 7.41. The fraction of sp³-hybridized carbons (Fsp3) is 0.571. The summed E-state index contributed by atoms with van der Waals surface area (Å²) in [5.74, 6) is 0.671. The lowest BCUT2D eigenvalue weighted by molar-refractivity contribution is 0.491. The number of nitrogens with two attached hydrogens (primary N) is 1. The van der Waals surface area contributed by atoms with E-state index in [2.05, 4.69) is 49.9 Å². The van der Waals surface area contributed by atoms with Gasteiger partial charge in [0.2, 0.25) is 0 Å². The molecule has 1 atom stereocenters. The van der Waals surface area contributed by atoms with Crippen LogP contribution in [0.2, 0.25) is 0 Å². The Labute approximate surface area is 99.5 Å². The molecule has 0 fully saturated rings. The minimum Gasteiger partial charge on any atom is -0.370 e. The molecule has 0 saturated heterocycles. The van der Waals surface area contributed by atoms with Crippen LogP contribution in [-0.2, 0) is 0 Å². The van der Waals surface area contributed by atoms with Gasteiger partial charge in [-0.2, -0.15) is 0 Å². The van der Waals surface area contributed by atoms with Crippen LogP contribution < -0.4 is 10.6 Å². The van der Waals surface area contributed by atoms with Gasteiger partial charge in [-0.05, 0) is 31.4 Å². The van der Waals surface area contributed by atoms with Crippen LogP contribution in [0.4, 0.5) is 5.69 Å². The minimum absolute atomic E-state index is 0.264. The molecular weight excluding hydrogens is 196 g/mol. The highest BCUT2D eigenvalue weighted by atomic mass is 15.1. The van der Waals surface area contributed by atoms with Crippen LogP contribution in [0.3, 0.4) is 0 Å². The number of likely N-dealkylation sites (N-methyl/N-ethyl adjacent to an activating group) is 1. The van der Waals surface area contributed by atoms with Crippen LogP contribution in [0, 0.1) is 5.92 Å². The smallest absolute Gasteiger partial charge is 0.0366 e. The van der Waals surface area contributed by atoms with Crippen LogP contribution in [0.5, 0.6) is 0 Å². The maximum atomic E-state index is 6.15. The molecule has 0 heterocycles. The maximum absolute atomic E-state index is 6.15. The molecular formula is C14H24N2. The number of hydrogen-bond acceptors (Lipinski definition) is 2. The molecule has 2 N–H and O–H groups in total. The highest BCUT2D eigenvalue weighted by molar-refractivity contribution is 5.45. The van der Waals surface area contributed by atoms with Crippen LogP contribution in [0.15, 0.2) is 30.3 Å². The van der Waals surface area contributed by atoms with E-state index in [1.54, 1.807) is 0 Å². The predicted octanol–water partition coefficient (Wildman–Crippen LogP) is 2.89. The molecule has 2 heteroatoms. The lowest BCUT2D eigenvalue weighted by atomic mass is 10.0. The van der Waals surface area contributed by atoms with Crippen molar-refractivity contribution in [1.82, 2.24) is 0 Å². The van der Waals surface area contributed by atoms with Crippen LogP contribution in [0.1, 0.15) is 27.2 Å². The van der Waals surface area contributed by atoms with E-state index in [1.807, 2.05) is 6.07 Å². The molecule has 1 rings (SSSR count). The van der Waals surface area contributed by atoms with Gasteiger partial charge in [0.1, 0.15) is 0 Å². The predicted molar refractivity (Wildman–Crippen MR) is 71.8 cm³/mol. The first-order chi connectivity index (χ1) is 7.63. The van der Waals surface area contributed by atoms with Crippen molar-refractivity contribution >= 4 is 5.69 Å². The molecule has 1 unspecified atom stereocenters. The van der Waals surface area contributed by atoms with Gasteiger partial charge in [0.25, 0.3) is 0 Å². The molecule has 0 bridgehead atoms. The zero-order chi connectivity index (χ0) is 12.0. The second-order valence-electron chi connectivity index (χ2n) is 4.76. The fourth-order valence-corrected chi connectivity index (χ4v) is 2.02. The second kappa shape index (κ2) is 6.54. The van der Waals surface area contributed by atoms with Gasteiger partial charge in [-0.3, -0.25) is 0 Å². The topological polar surface area (TPSA) is 29.3 Å². The molecule has 1 aromatic rings. The third-order valence-corrected chi connectivity index (χ3v) is 2.73. The second-order valence-corrected chi connectivity index (χ2v) is 4.76. The summed E-state index contributed by atoms with van der Waals surface area (Å²) < 4.78 is 0. The Hall–Kier alpha value is -1.02. The molecule has 0 saturated carbocycles. The molecule has 2 nitrogen and oxygen atoms in total. The third kappa shape index (κ3) is 4.23. The summed E-state index contributed by atoms with van der Waals surface area (Å²) in [7, 11) is 0. The molecule has 0 aromatic heterocycles. The zero-order valence-electron chi connectivity index (χ0n) is 10.7. The summed E-state index contributed by atoms with van der Waals surface area (Å²) in [4.78, 5) is 2.34. The standard InChI is InChI=1S/C14H24N2/c1-4-16(11-13(15)10-12(2)3)14-8-6-5-7-9-14/h5-9,12-13H,4,10-11,15H2,1-3H3. The molecule has 0 amide bonds. The van der Waals surface area contributed by atoms with Gasteiger partial charge in [0, 0.05) is 24.8 Å². The van der Waals surface area contributed by atoms with Crippen molar-refractivity contribution in [2.75, 3.05) is 18.0 Å². The van der Waals surface area contributed by atoms with Gasteiger partial charge in [0.05, 0.1) is 0 Å². The van der Waals surface area contributed by atoms with Gasteiger partial charge in [-0.15, -0.1) is 0 Å². The quantitative estimate of drug-likeness (QED) is 0.798. The van der Waals surface area contributed by atoms with Gasteiger partial charge in [0.15, 0.2) is 0 Å². The first kappa shape index (κ1) is 13.0. The Morgan fingerprint density at radius 2 is 1.81 bits per heavy atom. The van der Waals surface area contributed by atoms with Gasteiger partial charge >= 0.3 is 0 Å². The van der Waals surface area contributed by atoms with Gasteiger partial charge in [-0.25, -0.2) is 0 Å². The van der Waals surface area contributed by atoms with Crippen molar-refractivity contribution < 1.29 is 0 Å². The first-order valence-electron chi connectivity index (χ1n) is 6.19. The minimum atomic E-state index is 0.264. The number of nitrogens with zero attached hydrogens (tertiary/aromatic N) is 1. The third-order valence-electron chi connectivity index (χ3n) is 2.73. The first-order valence-corrected chi connectivity index (χ1v) is 6.19. The number of hydrogen-bond donors (Lipinski definition) is 1. The maximum Gasteiger partial charge on any atom is 0.0366 e. The van der Waals surface area contributed by atoms with Crippen molar-refractivity contribution in [1.29, 1.82) is 0 Å². The van der Waals surface area contributed by atoms with E-state index < -0.39 is 0 Å². The summed E-state index contributed by atoms with van der Waals surface area (Å²) >= 11 is 0. The summed E-state index contributed by atoms with van der Waals surface area (Å²) in [5, 5.41) is 0. The molecule has 0 aliphatic heterocycles. The lowest BCUT2D eigenvalue weighted by Crippen LogP contribution is -2.38. The highest BCUT2D eigenvalue weighted by Gasteiger charge is 2.10. The average molecular weight is 220 g/mol. The molecule has 90 valence electrons. The van der Waals surface area contributed by atoms with Crippen molar-refractivity contribution in [3.63, 3.8) is 0 Å². The van der Waals surface area contributed by atoms with E-state index in [0.29, 0.717) is 5.92 Å². The van der Waals surface area contributed by atoms with Crippen LogP contribution in [0.25, 0.3) is 0 Å².